The molecule has 0 saturated carbocycles. The SMILES string of the molecule is CCOc1c(/C=N/NC(=O)C(C)Oc2ccc(C(C)(C)C)cc2)cccc1OC. The summed E-state index contributed by atoms with van der Waals surface area (Å²) in [4.78, 5) is 12.3. The van der Waals surface area contributed by atoms with Crippen LogP contribution in [-0.2, 0) is 10.2 Å². The van der Waals surface area contributed by atoms with Gasteiger partial charge in [0.25, 0.3) is 5.91 Å². The first-order valence-electron chi connectivity index (χ1n) is 9.66. The second-order valence-electron chi connectivity index (χ2n) is 7.58. The molecule has 0 aliphatic rings. The van der Waals surface area contributed by atoms with Gasteiger partial charge in [0.05, 0.1) is 19.9 Å². The zero-order chi connectivity index (χ0) is 21.4. The molecule has 1 unspecified atom stereocenters. The van der Waals surface area contributed by atoms with E-state index >= 15 is 0 Å². The van der Waals surface area contributed by atoms with Crippen molar-refractivity contribution < 1.29 is 19.0 Å². The summed E-state index contributed by atoms with van der Waals surface area (Å²) in [5.74, 6) is 1.48. The van der Waals surface area contributed by atoms with Crippen LogP contribution in [-0.4, -0.2) is 31.9 Å². The standard InChI is InChI=1S/C23H30N2O4/c1-7-28-21-17(9-8-10-20(21)27-6)15-24-25-22(26)16(2)29-19-13-11-18(12-14-19)23(3,4)5/h8-16H,7H2,1-6H3,(H,25,26)/b24-15+. The highest BCUT2D eigenvalue weighted by Crippen LogP contribution is 2.30. The van der Waals surface area contributed by atoms with E-state index in [1.165, 1.54) is 11.8 Å². The van der Waals surface area contributed by atoms with Gasteiger partial charge < -0.3 is 14.2 Å². The van der Waals surface area contributed by atoms with Gasteiger partial charge in [-0.15, -0.1) is 0 Å². The van der Waals surface area contributed by atoms with Crippen molar-refractivity contribution in [3.05, 3.63) is 53.6 Å². The van der Waals surface area contributed by atoms with Gasteiger partial charge in [0, 0.05) is 5.56 Å². The Morgan fingerprint density at radius 2 is 1.86 bits per heavy atom. The normalized spacial score (nSPS) is 12.5. The summed E-state index contributed by atoms with van der Waals surface area (Å²) >= 11 is 0. The second-order valence-corrected chi connectivity index (χ2v) is 7.58. The summed E-state index contributed by atoms with van der Waals surface area (Å²) < 4.78 is 16.6. The highest BCUT2D eigenvalue weighted by molar-refractivity contribution is 5.87. The molecule has 6 heteroatoms. The lowest BCUT2D eigenvalue weighted by molar-refractivity contribution is -0.127. The molecule has 29 heavy (non-hydrogen) atoms. The van der Waals surface area contributed by atoms with Crippen molar-refractivity contribution in [3.8, 4) is 17.2 Å². The third-order valence-electron chi connectivity index (χ3n) is 4.30. The second kappa shape index (κ2) is 9.96. The van der Waals surface area contributed by atoms with E-state index in [4.69, 9.17) is 14.2 Å². The van der Waals surface area contributed by atoms with Gasteiger partial charge in [-0.05, 0) is 49.1 Å². The Labute approximate surface area is 172 Å². The van der Waals surface area contributed by atoms with E-state index in [0.717, 1.165) is 0 Å². The Kier molecular flexibility index (Phi) is 7.65. The smallest absolute Gasteiger partial charge is 0.280 e. The first-order chi connectivity index (χ1) is 13.8. The van der Waals surface area contributed by atoms with Gasteiger partial charge in [0.2, 0.25) is 0 Å². The molecular formula is C23H30N2O4. The maximum absolute atomic E-state index is 12.3. The van der Waals surface area contributed by atoms with Crippen molar-refractivity contribution in [1.29, 1.82) is 0 Å². The molecule has 0 radical (unpaired) electrons. The van der Waals surface area contributed by atoms with Crippen LogP contribution in [0.2, 0.25) is 0 Å². The average Bonchev–Trinajstić information content (AvgIpc) is 2.68. The van der Waals surface area contributed by atoms with Crippen molar-refractivity contribution >= 4 is 12.1 Å². The zero-order valence-electron chi connectivity index (χ0n) is 18.0. The summed E-state index contributed by atoms with van der Waals surface area (Å²) in [6.07, 6.45) is 0.834. The monoisotopic (exact) mass is 398 g/mol. The Hall–Kier alpha value is -3.02. The molecule has 1 N–H and O–H groups in total. The fourth-order valence-corrected chi connectivity index (χ4v) is 2.64. The number of ether oxygens (including phenoxy) is 3. The van der Waals surface area contributed by atoms with Crippen LogP contribution in [0.5, 0.6) is 17.2 Å². The quantitative estimate of drug-likeness (QED) is 0.531. The first-order valence-corrected chi connectivity index (χ1v) is 9.66. The van der Waals surface area contributed by atoms with E-state index in [9.17, 15) is 4.79 Å². The average molecular weight is 399 g/mol. The minimum absolute atomic E-state index is 0.0662. The van der Waals surface area contributed by atoms with E-state index < -0.39 is 6.10 Å². The largest absolute Gasteiger partial charge is 0.493 e. The number of benzene rings is 2. The number of hydrogen-bond acceptors (Lipinski definition) is 5. The topological polar surface area (TPSA) is 69.2 Å². The minimum Gasteiger partial charge on any atom is -0.493 e. The van der Waals surface area contributed by atoms with Crippen LogP contribution in [0, 0.1) is 0 Å². The number of carbonyl (C=O) groups excluding carboxylic acids is 1. The molecule has 1 atom stereocenters. The molecule has 0 bridgehead atoms. The van der Waals surface area contributed by atoms with Crippen molar-refractivity contribution in [2.75, 3.05) is 13.7 Å². The number of para-hydroxylation sites is 1. The summed E-state index contributed by atoms with van der Waals surface area (Å²) in [6, 6.07) is 13.2. The van der Waals surface area contributed by atoms with Crippen molar-refractivity contribution in [3.63, 3.8) is 0 Å². The molecule has 0 saturated heterocycles. The first kappa shape index (κ1) is 22.3. The Balaban J connectivity index is 1.98. The van der Waals surface area contributed by atoms with Crippen LogP contribution in [0.1, 0.15) is 45.7 Å². The van der Waals surface area contributed by atoms with Gasteiger partial charge in [-0.3, -0.25) is 4.79 Å². The van der Waals surface area contributed by atoms with Crippen molar-refractivity contribution in [2.24, 2.45) is 5.10 Å². The lowest BCUT2D eigenvalue weighted by atomic mass is 9.87. The fraction of sp³-hybridized carbons (Fsp3) is 0.391. The van der Waals surface area contributed by atoms with Crippen LogP contribution in [0.3, 0.4) is 0 Å². The molecule has 156 valence electrons. The third-order valence-corrected chi connectivity index (χ3v) is 4.30. The van der Waals surface area contributed by atoms with Gasteiger partial charge in [0.15, 0.2) is 17.6 Å². The summed E-state index contributed by atoms with van der Waals surface area (Å²) in [6.45, 7) is 10.5. The Morgan fingerprint density at radius 1 is 1.17 bits per heavy atom. The summed E-state index contributed by atoms with van der Waals surface area (Å²) in [5.41, 5.74) is 4.48. The number of amides is 1. The lowest BCUT2D eigenvalue weighted by Crippen LogP contribution is -2.33. The van der Waals surface area contributed by atoms with Crippen molar-refractivity contribution in [2.45, 2.75) is 46.1 Å². The van der Waals surface area contributed by atoms with Crippen LogP contribution < -0.4 is 19.6 Å². The minimum atomic E-state index is -0.690. The van der Waals surface area contributed by atoms with Crippen LogP contribution in [0.15, 0.2) is 47.6 Å². The third kappa shape index (κ3) is 6.24. The molecule has 6 nitrogen and oxygen atoms in total. The molecule has 1 amide bonds. The van der Waals surface area contributed by atoms with E-state index in [1.807, 2.05) is 49.4 Å². The maximum Gasteiger partial charge on any atom is 0.280 e. The van der Waals surface area contributed by atoms with Crippen LogP contribution >= 0.6 is 0 Å². The van der Waals surface area contributed by atoms with Gasteiger partial charge in [-0.2, -0.15) is 5.10 Å². The molecule has 2 aromatic rings. The van der Waals surface area contributed by atoms with Crippen LogP contribution in [0.25, 0.3) is 0 Å². The number of carbonyl (C=O) groups is 1. The molecule has 0 aliphatic carbocycles. The number of nitrogens with one attached hydrogen (secondary N) is 1. The van der Waals surface area contributed by atoms with Gasteiger partial charge in [-0.25, -0.2) is 5.43 Å². The highest BCUT2D eigenvalue weighted by atomic mass is 16.5. The van der Waals surface area contributed by atoms with Crippen molar-refractivity contribution in [1.82, 2.24) is 5.43 Å². The number of rotatable bonds is 8. The molecule has 2 aromatic carbocycles. The molecular weight excluding hydrogens is 368 g/mol. The number of hydrogen-bond donors (Lipinski definition) is 1. The Morgan fingerprint density at radius 3 is 2.45 bits per heavy atom. The molecule has 0 aromatic heterocycles. The zero-order valence-corrected chi connectivity index (χ0v) is 18.0. The van der Waals surface area contributed by atoms with Gasteiger partial charge in [-0.1, -0.05) is 39.0 Å². The number of hydrazone groups is 1. The van der Waals surface area contributed by atoms with E-state index in [1.54, 1.807) is 14.0 Å². The highest BCUT2D eigenvalue weighted by Gasteiger charge is 2.16. The van der Waals surface area contributed by atoms with E-state index in [0.29, 0.717) is 29.4 Å². The number of nitrogens with zero attached hydrogens (tertiary/aromatic N) is 1. The molecule has 0 aliphatic heterocycles. The predicted molar refractivity (Wildman–Crippen MR) is 115 cm³/mol. The Bertz CT molecular complexity index is 839. The molecule has 0 fully saturated rings. The van der Waals surface area contributed by atoms with E-state index in [-0.39, 0.29) is 11.3 Å². The fourth-order valence-electron chi connectivity index (χ4n) is 2.64. The predicted octanol–water partition coefficient (Wildman–Crippen LogP) is 4.31. The summed E-state index contributed by atoms with van der Waals surface area (Å²) in [5, 5.41) is 4.03. The summed E-state index contributed by atoms with van der Waals surface area (Å²) in [7, 11) is 1.58. The lowest BCUT2D eigenvalue weighted by Gasteiger charge is -2.20. The maximum atomic E-state index is 12.3. The van der Waals surface area contributed by atoms with Gasteiger partial charge in [0.1, 0.15) is 5.75 Å². The number of methoxy groups -OCH3 is 1. The molecule has 2 rings (SSSR count). The molecule has 0 spiro atoms. The van der Waals surface area contributed by atoms with E-state index in [2.05, 4.69) is 31.3 Å². The molecule has 0 heterocycles. The van der Waals surface area contributed by atoms with Gasteiger partial charge >= 0.3 is 0 Å². The van der Waals surface area contributed by atoms with Crippen LogP contribution in [0.4, 0.5) is 0 Å².